The van der Waals surface area contributed by atoms with Crippen LogP contribution in [-0.2, 0) is 6.61 Å². The predicted molar refractivity (Wildman–Crippen MR) is 104 cm³/mol. The Hall–Kier alpha value is -3.11. The summed E-state index contributed by atoms with van der Waals surface area (Å²) >= 11 is 6.03. The first-order valence-corrected chi connectivity index (χ1v) is 8.45. The van der Waals surface area contributed by atoms with E-state index in [-0.39, 0.29) is 5.91 Å². The molecule has 3 aromatic carbocycles. The van der Waals surface area contributed by atoms with Gasteiger partial charge < -0.3 is 4.74 Å². The number of hydrogen-bond acceptors (Lipinski definition) is 3. The molecule has 4 nitrogen and oxygen atoms in total. The average molecular weight is 365 g/mol. The molecular formula is C21H17ClN2O2. The third-order valence-electron chi connectivity index (χ3n) is 3.64. The van der Waals surface area contributed by atoms with E-state index in [4.69, 9.17) is 16.3 Å². The molecule has 0 saturated heterocycles. The number of hydrazone groups is 1. The first-order valence-electron chi connectivity index (χ1n) is 8.07. The number of halogens is 1. The fourth-order valence-corrected chi connectivity index (χ4v) is 2.43. The van der Waals surface area contributed by atoms with E-state index in [9.17, 15) is 4.79 Å². The summed E-state index contributed by atoms with van der Waals surface area (Å²) in [5, 5.41) is 4.51. The Labute approximate surface area is 157 Å². The van der Waals surface area contributed by atoms with Gasteiger partial charge in [0.05, 0.1) is 6.21 Å². The average Bonchev–Trinajstić information content (AvgIpc) is 2.69. The molecule has 0 aliphatic rings. The van der Waals surface area contributed by atoms with Crippen LogP contribution in [-0.4, -0.2) is 12.1 Å². The van der Waals surface area contributed by atoms with Gasteiger partial charge in [0.2, 0.25) is 0 Å². The number of nitrogens with one attached hydrogen (secondary N) is 1. The Morgan fingerprint density at radius 1 is 0.962 bits per heavy atom. The summed E-state index contributed by atoms with van der Waals surface area (Å²) in [7, 11) is 0. The van der Waals surface area contributed by atoms with Gasteiger partial charge in [0.25, 0.3) is 5.91 Å². The Bertz CT molecular complexity index is 893. The fraction of sp³-hybridized carbons (Fsp3) is 0.0476. The van der Waals surface area contributed by atoms with Crippen molar-refractivity contribution in [3.8, 4) is 5.75 Å². The largest absolute Gasteiger partial charge is 0.489 e. The molecule has 0 saturated carbocycles. The van der Waals surface area contributed by atoms with Gasteiger partial charge in [-0.1, -0.05) is 60.1 Å². The highest BCUT2D eigenvalue weighted by atomic mass is 35.5. The molecule has 0 aromatic heterocycles. The second kappa shape index (κ2) is 8.83. The zero-order valence-corrected chi connectivity index (χ0v) is 14.7. The Morgan fingerprint density at radius 3 is 2.38 bits per heavy atom. The molecule has 5 heteroatoms. The molecule has 0 radical (unpaired) electrons. The first-order chi connectivity index (χ1) is 12.7. The molecule has 26 heavy (non-hydrogen) atoms. The lowest BCUT2D eigenvalue weighted by Gasteiger charge is -2.07. The summed E-state index contributed by atoms with van der Waals surface area (Å²) in [6, 6.07) is 24.1. The Kier molecular flexibility index (Phi) is 6.01. The van der Waals surface area contributed by atoms with Crippen LogP contribution in [0, 0.1) is 0 Å². The van der Waals surface area contributed by atoms with Gasteiger partial charge in [-0.25, -0.2) is 5.43 Å². The van der Waals surface area contributed by atoms with E-state index in [0.717, 1.165) is 11.1 Å². The number of nitrogens with zero attached hydrogens (tertiary/aromatic N) is 1. The van der Waals surface area contributed by atoms with Crippen LogP contribution in [0.1, 0.15) is 21.5 Å². The van der Waals surface area contributed by atoms with E-state index in [0.29, 0.717) is 22.9 Å². The van der Waals surface area contributed by atoms with E-state index >= 15 is 0 Å². The number of amides is 1. The van der Waals surface area contributed by atoms with Crippen molar-refractivity contribution in [2.75, 3.05) is 0 Å². The highest BCUT2D eigenvalue weighted by Gasteiger charge is 2.05. The molecule has 0 spiro atoms. The lowest BCUT2D eigenvalue weighted by Crippen LogP contribution is -2.17. The maximum absolute atomic E-state index is 12.1. The van der Waals surface area contributed by atoms with Gasteiger partial charge in [-0.05, 0) is 35.9 Å². The Morgan fingerprint density at radius 2 is 1.65 bits per heavy atom. The molecule has 0 heterocycles. The van der Waals surface area contributed by atoms with E-state index in [1.807, 2.05) is 48.5 Å². The van der Waals surface area contributed by atoms with E-state index in [1.54, 1.807) is 30.3 Å². The molecule has 130 valence electrons. The summed E-state index contributed by atoms with van der Waals surface area (Å²) in [5.41, 5.74) is 4.80. The van der Waals surface area contributed by atoms with Gasteiger partial charge in [-0.3, -0.25) is 4.79 Å². The number of carbonyl (C=O) groups is 1. The molecule has 0 atom stereocenters. The summed E-state index contributed by atoms with van der Waals surface area (Å²) < 4.78 is 5.70. The number of carbonyl (C=O) groups excluding carboxylic acids is 1. The van der Waals surface area contributed by atoms with Gasteiger partial charge in [0.15, 0.2) is 0 Å². The lowest BCUT2D eigenvalue weighted by molar-refractivity contribution is 0.0955. The molecule has 0 bridgehead atoms. The zero-order valence-electron chi connectivity index (χ0n) is 13.9. The van der Waals surface area contributed by atoms with Crippen molar-refractivity contribution in [1.29, 1.82) is 0 Å². The van der Waals surface area contributed by atoms with Crippen molar-refractivity contribution >= 4 is 23.7 Å². The van der Waals surface area contributed by atoms with Crippen LogP contribution in [0.25, 0.3) is 0 Å². The molecule has 0 aliphatic heterocycles. The number of benzene rings is 3. The van der Waals surface area contributed by atoms with Gasteiger partial charge >= 0.3 is 0 Å². The smallest absolute Gasteiger partial charge is 0.271 e. The molecule has 3 rings (SSSR count). The van der Waals surface area contributed by atoms with E-state index in [2.05, 4.69) is 10.5 Å². The van der Waals surface area contributed by atoms with Crippen LogP contribution < -0.4 is 10.2 Å². The van der Waals surface area contributed by atoms with Crippen LogP contribution in [0.4, 0.5) is 0 Å². The second-order valence-electron chi connectivity index (χ2n) is 5.52. The molecule has 0 fully saturated rings. The van der Waals surface area contributed by atoms with Crippen molar-refractivity contribution in [3.05, 3.63) is 101 Å². The fourth-order valence-electron chi connectivity index (χ4n) is 2.25. The molecule has 1 N–H and O–H groups in total. The van der Waals surface area contributed by atoms with Crippen molar-refractivity contribution in [3.63, 3.8) is 0 Å². The summed E-state index contributed by atoms with van der Waals surface area (Å²) in [6.07, 6.45) is 1.51. The summed E-state index contributed by atoms with van der Waals surface area (Å²) in [5.74, 6) is 0.396. The van der Waals surface area contributed by atoms with Gasteiger partial charge in [-0.15, -0.1) is 0 Å². The Balaban J connectivity index is 1.54. The monoisotopic (exact) mass is 364 g/mol. The van der Waals surface area contributed by atoms with Crippen LogP contribution in [0.5, 0.6) is 5.75 Å². The molecule has 3 aromatic rings. The van der Waals surface area contributed by atoms with E-state index < -0.39 is 0 Å². The topological polar surface area (TPSA) is 50.7 Å². The van der Waals surface area contributed by atoms with Crippen molar-refractivity contribution in [2.24, 2.45) is 5.10 Å². The maximum Gasteiger partial charge on any atom is 0.271 e. The SMILES string of the molecule is O=C(N/N=C\c1ccccc1Cl)c1ccc(OCc2ccccc2)cc1. The van der Waals surface area contributed by atoms with Crippen LogP contribution in [0.15, 0.2) is 84.0 Å². The third-order valence-corrected chi connectivity index (χ3v) is 3.98. The molecular weight excluding hydrogens is 348 g/mol. The highest BCUT2D eigenvalue weighted by Crippen LogP contribution is 2.15. The third kappa shape index (κ3) is 4.94. The normalized spacial score (nSPS) is 10.7. The minimum atomic E-state index is -0.303. The van der Waals surface area contributed by atoms with Crippen molar-refractivity contribution in [1.82, 2.24) is 5.43 Å². The maximum atomic E-state index is 12.1. The predicted octanol–water partition coefficient (Wildman–Crippen LogP) is 4.68. The first kappa shape index (κ1) is 17.7. The van der Waals surface area contributed by atoms with Gasteiger partial charge in [0.1, 0.15) is 12.4 Å². The number of rotatable bonds is 6. The van der Waals surface area contributed by atoms with Crippen molar-refractivity contribution in [2.45, 2.75) is 6.61 Å². The number of hydrogen-bond donors (Lipinski definition) is 1. The highest BCUT2D eigenvalue weighted by molar-refractivity contribution is 6.33. The minimum absolute atomic E-state index is 0.303. The zero-order chi connectivity index (χ0) is 18.2. The molecule has 1 amide bonds. The molecule has 0 aliphatic carbocycles. The number of ether oxygens (including phenoxy) is 1. The quantitative estimate of drug-likeness (QED) is 0.510. The van der Waals surface area contributed by atoms with Crippen molar-refractivity contribution < 1.29 is 9.53 Å². The minimum Gasteiger partial charge on any atom is -0.489 e. The van der Waals surface area contributed by atoms with Crippen LogP contribution in [0.3, 0.4) is 0 Å². The van der Waals surface area contributed by atoms with Gasteiger partial charge in [0, 0.05) is 16.1 Å². The lowest BCUT2D eigenvalue weighted by atomic mass is 10.2. The second-order valence-corrected chi connectivity index (χ2v) is 5.93. The standard InChI is InChI=1S/C21H17ClN2O2/c22-20-9-5-4-8-18(20)14-23-24-21(25)17-10-12-19(13-11-17)26-15-16-6-2-1-3-7-16/h1-14H,15H2,(H,24,25)/b23-14-. The van der Waals surface area contributed by atoms with Crippen LogP contribution in [0.2, 0.25) is 5.02 Å². The van der Waals surface area contributed by atoms with Gasteiger partial charge in [-0.2, -0.15) is 5.10 Å². The summed E-state index contributed by atoms with van der Waals surface area (Å²) in [4.78, 5) is 12.1. The molecule has 0 unspecified atom stereocenters. The van der Waals surface area contributed by atoms with Crippen LogP contribution >= 0.6 is 11.6 Å². The summed E-state index contributed by atoms with van der Waals surface area (Å²) in [6.45, 7) is 0.481. The van der Waals surface area contributed by atoms with E-state index in [1.165, 1.54) is 6.21 Å².